The van der Waals surface area contributed by atoms with Crippen LogP contribution in [0.15, 0.2) is 48.5 Å². The number of rotatable bonds is 5. The average molecular weight is 341 g/mol. The molecule has 0 fully saturated rings. The van der Waals surface area contributed by atoms with Gasteiger partial charge in [-0.1, -0.05) is 29.5 Å². The standard InChI is InChI=1S/C17H16FN5O2/c1-22(16(17(19)25)11-5-4-6-12(18)9-11)15(24)10-23-14-8-3-2-7-13(14)20-21-23/h2-9,16H,10H2,1H3,(H2,19,25)/t16-/m0/s1. The zero-order valence-corrected chi connectivity index (χ0v) is 13.5. The zero-order chi connectivity index (χ0) is 18.0. The molecule has 2 N–H and O–H groups in total. The van der Waals surface area contributed by atoms with Crippen LogP contribution in [0.2, 0.25) is 0 Å². The second kappa shape index (κ2) is 6.68. The Balaban J connectivity index is 1.86. The van der Waals surface area contributed by atoms with Gasteiger partial charge in [0.1, 0.15) is 23.9 Å². The topological polar surface area (TPSA) is 94.1 Å². The molecule has 0 aliphatic rings. The van der Waals surface area contributed by atoms with E-state index in [-0.39, 0.29) is 6.54 Å². The maximum absolute atomic E-state index is 13.5. The Hall–Kier alpha value is -3.29. The van der Waals surface area contributed by atoms with Crippen molar-refractivity contribution in [2.24, 2.45) is 5.73 Å². The number of aromatic nitrogens is 3. The van der Waals surface area contributed by atoms with Gasteiger partial charge < -0.3 is 10.6 Å². The van der Waals surface area contributed by atoms with Crippen LogP contribution < -0.4 is 5.73 Å². The van der Waals surface area contributed by atoms with Gasteiger partial charge in [0.15, 0.2) is 0 Å². The number of nitrogens with zero attached hydrogens (tertiary/aromatic N) is 4. The molecule has 0 saturated carbocycles. The first-order chi connectivity index (χ1) is 12.0. The number of carbonyl (C=O) groups is 2. The van der Waals surface area contributed by atoms with E-state index >= 15 is 0 Å². The highest BCUT2D eigenvalue weighted by molar-refractivity contribution is 5.88. The third-order valence-electron chi connectivity index (χ3n) is 3.92. The minimum Gasteiger partial charge on any atom is -0.368 e. The molecule has 128 valence electrons. The van der Waals surface area contributed by atoms with Crippen LogP contribution in [0.3, 0.4) is 0 Å². The van der Waals surface area contributed by atoms with Gasteiger partial charge in [-0.3, -0.25) is 9.59 Å². The lowest BCUT2D eigenvalue weighted by atomic mass is 10.0. The summed E-state index contributed by atoms with van der Waals surface area (Å²) in [5.41, 5.74) is 7.10. The summed E-state index contributed by atoms with van der Waals surface area (Å²) in [6, 6.07) is 11.6. The van der Waals surface area contributed by atoms with Gasteiger partial charge in [-0.05, 0) is 29.8 Å². The Kier molecular flexibility index (Phi) is 4.42. The second-order valence-corrected chi connectivity index (χ2v) is 5.60. The molecule has 7 nitrogen and oxygen atoms in total. The summed E-state index contributed by atoms with van der Waals surface area (Å²) >= 11 is 0. The molecule has 8 heteroatoms. The molecule has 0 unspecified atom stereocenters. The van der Waals surface area contributed by atoms with Crippen LogP contribution >= 0.6 is 0 Å². The summed E-state index contributed by atoms with van der Waals surface area (Å²) in [5, 5.41) is 7.93. The van der Waals surface area contributed by atoms with E-state index in [1.54, 1.807) is 18.2 Å². The summed E-state index contributed by atoms with van der Waals surface area (Å²) in [6.45, 7) is -0.115. The molecule has 2 aromatic carbocycles. The van der Waals surface area contributed by atoms with Gasteiger partial charge in [0.05, 0.1) is 5.52 Å². The molecule has 0 spiro atoms. The van der Waals surface area contributed by atoms with Gasteiger partial charge in [0.25, 0.3) is 0 Å². The normalized spacial score (nSPS) is 12.1. The SMILES string of the molecule is CN(C(=O)Cn1nnc2ccccc21)[C@H](C(N)=O)c1cccc(F)c1. The lowest BCUT2D eigenvalue weighted by Gasteiger charge is -2.26. The molecule has 2 amide bonds. The van der Waals surface area contributed by atoms with Gasteiger partial charge in [-0.2, -0.15) is 0 Å². The van der Waals surface area contributed by atoms with Crippen molar-refractivity contribution in [3.63, 3.8) is 0 Å². The highest BCUT2D eigenvalue weighted by Crippen LogP contribution is 2.21. The predicted molar refractivity (Wildman–Crippen MR) is 88.6 cm³/mol. The van der Waals surface area contributed by atoms with Gasteiger partial charge in [-0.15, -0.1) is 5.10 Å². The summed E-state index contributed by atoms with van der Waals surface area (Å²) in [5.74, 6) is -1.65. The van der Waals surface area contributed by atoms with Crippen LogP contribution in [0.5, 0.6) is 0 Å². The smallest absolute Gasteiger partial charge is 0.245 e. The fraction of sp³-hybridized carbons (Fsp3) is 0.176. The van der Waals surface area contributed by atoms with Crippen molar-refractivity contribution in [2.45, 2.75) is 12.6 Å². The van der Waals surface area contributed by atoms with Crippen LogP contribution in [0.25, 0.3) is 11.0 Å². The summed E-state index contributed by atoms with van der Waals surface area (Å²) in [6.07, 6.45) is 0. The van der Waals surface area contributed by atoms with Crippen molar-refractivity contribution in [2.75, 3.05) is 7.05 Å². The zero-order valence-electron chi connectivity index (χ0n) is 13.5. The first-order valence-electron chi connectivity index (χ1n) is 7.56. The Bertz CT molecular complexity index is 939. The van der Waals surface area contributed by atoms with E-state index in [9.17, 15) is 14.0 Å². The number of fused-ring (bicyclic) bond motifs is 1. The number of likely N-dealkylation sites (N-methyl/N-ethyl adjacent to an activating group) is 1. The molecule has 1 aromatic heterocycles. The number of amides is 2. The van der Waals surface area contributed by atoms with Crippen LogP contribution in [0.4, 0.5) is 4.39 Å². The maximum Gasteiger partial charge on any atom is 0.245 e. The van der Waals surface area contributed by atoms with E-state index in [1.165, 1.54) is 34.8 Å². The average Bonchev–Trinajstić information content (AvgIpc) is 2.98. The predicted octanol–water partition coefficient (Wildman–Crippen LogP) is 1.26. The van der Waals surface area contributed by atoms with Crippen molar-refractivity contribution in [3.8, 4) is 0 Å². The van der Waals surface area contributed by atoms with Crippen molar-refractivity contribution in [1.29, 1.82) is 0 Å². The minimum atomic E-state index is -1.07. The van der Waals surface area contributed by atoms with Crippen LogP contribution in [-0.4, -0.2) is 38.8 Å². The highest BCUT2D eigenvalue weighted by atomic mass is 19.1. The Morgan fingerprint density at radius 1 is 1.24 bits per heavy atom. The van der Waals surface area contributed by atoms with E-state index < -0.39 is 23.7 Å². The summed E-state index contributed by atoms with van der Waals surface area (Å²) in [4.78, 5) is 25.6. The molecule has 25 heavy (non-hydrogen) atoms. The molecule has 0 aliphatic heterocycles. The quantitative estimate of drug-likeness (QED) is 0.756. The van der Waals surface area contributed by atoms with Gasteiger partial charge in [0.2, 0.25) is 11.8 Å². The van der Waals surface area contributed by atoms with Gasteiger partial charge in [-0.25, -0.2) is 9.07 Å². The van der Waals surface area contributed by atoms with Gasteiger partial charge >= 0.3 is 0 Å². The number of primary amides is 1. The lowest BCUT2D eigenvalue weighted by Crippen LogP contribution is -2.40. The summed E-state index contributed by atoms with van der Waals surface area (Å²) in [7, 11) is 1.45. The highest BCUT2D eigenvalue weighted by Gasteiger charge is 2.27. The fourth-order valence-corrected chi connectivity index (χ4v) is 2.67. The number of carbonyl (C=O) groups excluding carboxylic acids is 2. The van der Waals surface area contributed by atoms with E-state index in [0.29, 0.717) is 16.6 Å². The second-order valence-electron chi connectivity index (χ2n) is 5.60. The third kappa shape index (κ3) is 3.32. The van der Waals surface area contributed by atoms with Crippen molar-refractivity contribution >= 4 is 22.8 Å². The first-order valence-corrected chi connectivity index (χ1v) is 7.56. The van der Waals surface area contributed by atoms with E-state index in [4.69, 9.17) is 5.73 Å². The van der Waals surface area contributed by atoms with E-state index in [1.807, 2.05) is 12.1 Å². The first kappa shape index (κ1) is 16.6. The number of benzene rings is 2. The number of para-hydroxylation sites is 1. The van der Waals surface area contributed by atoms with E-state index in [2.05, 4.69) is 10.3 Å². The molecule has 1 heterocycles. The molecular formula is C17H16FN5O2. The molecule has 0 aliphatic carbocycles. The summed E-state index contributed by atoms with van der Waals surface area (Å²) < 4.78 is 14.9. The van der Waals surface area contributed by atoms with Gasteiger partial charge in [0, 0.05) is 7.05 Å². The lowest BCUT2D eigenvalue weighted by molar-refractivity contribution is -0.138. The Labute approximate surface area is 142 Å². The molecule has 0 saturated heterocycles. The molecule has 1 atom stereocenters. The molecule has 3 aromatic rings. The number of nitrogens with two attached hydrogens (primary N) is 1. The van der Waals surface area contributed by atoms with Crippen LogP contribution in [0, 0.1) is 5.82 Å². The molecule has 3 rings (SSSR count). The third-order valence-corrected chi connectivity index (χ3v) is 3.92. The molecule has 0 bridgehead atoms. The number of hydrogen-bond donors (Lipinski definition) is 1. The Morgan fingerprint density at radius 3 is 2.72 bits per heavy atom. The number of halogens is 1. The monoisotopic (exact) mass is 341 g/mol. The van der Waals surface area contributed by atoms with Crippen molar-refractivity contribution in [1.82, 2.24) is 19.9 Å². The maximum atomic E-state index is 13.5. The van der Waals surface area contributed by atoms with Crippen LogP contribution in [0.1, 0.15) is 11.6 Å². The largest absolute Gasteiger partial charge is 0.368 e. The molecular weight excluding hydrogens is 325 g/mol. The van der Waals surface area contributed by atoms with Crippen LogP contribution in [-0.2, 0) is 16.1 Å². The minimum absolute atomic E-state index is 0.115. The van der Waals surface area contributed by atoms with Crippen molar-refractivity contribution in [3.05, 3.63) is 59.9 Å². The fourth-order valence-electron chi connectivity index (χ4n) is 2.67. The van der Waals surface area contributed by atoms with Crippen molar-refractivity contribution < 1.29 is 14.0 Å². The number of hydrogen-bond acceptors (Lipinski definition) is 4. The molecule has 0 radical (unpaired) electrons. The van der Waals surface area contributed by atoms with E-state index in [0.717, 1.165) is 0 Å². The Morgan fingerprint density at radius 2 is 2.00 bits per heavy atom.